The monoisotopic (exact) mass is 444 g/mol. The van der Waals surface area contributed by atoms with Crippen molar-refractivity contribution < 1.29 is 13.2 Å². The number of hydrogen-bond donors (Lipinski definition) is 3. The van der Waals surface area contributed by atoms with Gasteiger partial charge in [-0.2, -0.15) is 0 Å². The average molecular weight is 445 g/mol. The molecule has 1 heterocycles. The summed E-state index contributed by atoms with van der Waals surface area (Å²) in [6.07, 6.45) is 1.82. The smallest absolute Gasteiger partial charge is 0.241 e. The van der Waals surface area contributed by atoms with Gasteiger partial charge in [0, 0.05) is 32.1 Å². The van der Waals surface area contributed by atoms with E-state index in [0.29, 0.717) is 24.6 Å². The average Bonchev–Trinajstić information content (AvgIpc) is 3.17. The molecule has 0 aliphatic carbocycles. The van der Waals surface area contributed by atoms with E-state index in [-0.39, 0.29) is 4.90 Å². The highest BCUT2D eigenvalue weighted by Gasteiger charge is 2.24. The van der Waals surface area contributed by atoms with Crippen molar-refractivity contribution in [3.05, 3.63) is 59.2 Å². The number of fused-ring (bicyclic) bond motifs is 1. The van der Waals surface area contributed by atoms with Crippen LogP contribution in [-0.4, -0.2) is 40.1 Å². The molecule has 0 atom stereocenters. The first-order valence-electron chi connectivity index (χ1n) is 10.5. The molecule has 31 heavy (non-hydrogen) atoms. The molecule has 0 spiro atoms. The lowest BCUT2D eigenvalue weighted by Crippen LogP contribution is -2.41. The van der Waals surface area contributed by atoms with E-state index in [9.17, 15) is 8.42 Å². The molecule has 1 aliphatic heterocycles. The second-order valence-corrected chi connectivity index (χ2v) is 10.3. The van der Waals surface area contributed by atoms with Crippen molar-refractivity contribution in [1.29, 1.82) is 0 Å². The van der Waals surface area contributed by atoms with E-state index >= 15 is 0 Å². The Bertz CT molecular complexity index is 1040. The molecular weight excluding hydrogens is 412 g/mol. The number of benzene rings is 2. The van der Waals surface area contributed by atoms with E-state index < -0.39 is 15.6 Å². The predicted octanol–water partition coefficient (Wildman–Crippen LogP) is 2.61. The van der Waals surface area contributed by atoms with E-state index in [1.807, 2.05) is 39.0 Å². The standard InChI is InChI=1S/C23H32N4O3S/c1-23(2,3)27-31(28,29)21-8-6-5-7-19(21)16-26-22(24-4)25-13-11-17-9-10-20-18(15-17)12-14-30-20/h5-10,15,27H,11-14,16H2,1-4H3,(H2,24,25,26). The van der Waals surface area contributed by atoms with Crippen molar-refractivity contribution in [2.24, 2.45) is 4.99 Å². The lowest BCUT2D eigenvalue weighted by atomic mass is 10.1. The molecule has 3 rings (SSSR count). The Morgan fingerprint density at radius 2 is 1.90 bits per heavy atom. The number of nitrogens with one attached hydrogen (secondary N) is 3. The molecule has 2 aromatic carbocycles. The predicted molar refractivity (Wildman–Crippen MR) is 124 cm³/mol. The highest BCUT2D eigenvalue weighted by molar-refractivity contribution is 7.89. The quantitative estimate of drug-likeness (QED) is 0.451. The van der Waals surface area contributed by atoms with Gasteiger partial charge in [-0.25, -0.2) is 13.1 Å². The minimum absolute atomic E-state index is 0.272. The van der Waals surface area contributed by atoms with Gasteiger partial charge in [-0.15, -0.1) is 0 Å². The van der Waals surface area contributed by atoms with Crippen LogP contribution >= 0.6 is 0 Å². The number of sulfonamides is 1. The zero-order chi connectivity index (χ0) is 22.5. The van der Waals surface area contributed by atoms with Crippen molar-refractivity contribution in [1.82, 2.24) is 15.4 Å². The summed E-state index contributed by atoms with van der Waals surface area (Å²) in [6.45, 7) is 7.29. The molecule has 8 heteroatoms. The van der Waals surface area contributed by atoms with Crippen LogP contribution in [0.25, 0.3) is 0 Å². The first-order valence-corrected chi connectivity index (χ1v) is 12.0. The van der Waals surface area contributed by atoms with Crippen LogP contribution in [0.15, 0.2) is 52.4 Å². The van der Waals surface area contributed by atoms with Gasteiger partial charge in [-0.05, 0) is 56.0 Å². The summed E-state index contributed by atoms with van der Waals surface area (Å²) in [5.41, 5.74) is 2.64. The third kappa shape index (κ3) is 6.45. The van der Waals surface area contributed by atoms with Crippen LogP contribution in [0.3, 0.4) is 0 Å². The SMILES string of the molecule is CN=C(NCCc1ccc2c(c1)CCO2)NCc1ccccc1S(=O)(=O)NC(C)(C)C. The molecule has 0 bridgehead atoms. The Morgan fingerprint density at radius 1 is 1.13 bits per heavy atom. The van der Waals surface area contributed by atoms with Crippen molar-refractivity contribution >= 4 is 16.0 Å². The van der Waals surface area contributed by atoms with Crippen LogP contribution in [0.5, 0.6) is 5.75 Å². The topological polar surface area (TPSA) is 91.8 Å². The first kappa shape index (κ1) is 23.1. The molecular formula is C23H32N4O3S. The lowest BCUT2D eigenvalue weighted by molar-refractivity contribution is 0.357. The molecule has 168 valence electrons. The summed E-state index contributed by atoms with van der Waals surface area (Å²) in [7, 11) is -1.92. The number of ether oxygens (including phenoxy) is 1. The minimum Gasteiger partial charge on any atom is -0.493 e. The van der Waals surface area contributed by atoms with Gasteiger partial charge in [0.05, 0.1) is 11.5 Å². The van der Waals surface area contributed by atoms with Crippen molar-refractivity contribution in [2.45, 2.75) is 50.6 Å². The third-order valence-electron chi connectivity index (χ3n) is 4.83. The Hall–Kier alpha value is -2.58. The van der Waals surface area contributed by atoms with Gasteiger partial charge in [-0.1, -0.05) is 30.3 Å². The summed E-state index contributed by atoms with van der Waals surface area (Å²) >= 11 is 0. The normalized spacial score (nSPS) is 14.1. The highest BCUT2D eigenvalue weighted by atomic mass is 32.2. The highest BCUT2D eigenvalue weighted by Crippen LogP contribution is 2.25. The molecule has 0 saturated carbocycles. The van der Waals surface area contributed by atoms with Crippen LogP contribution in [0.4, 0.5) is 0 Å². The summed E-state index contributed by atoms with van der Waals surface area (Å²) < 4.78 is 33.9. The molecule has 2 aromatic rings. The van der Waals surface area contributed by atoms with Crippen LogP contribution in [-0.2, 0) is 29.4 Å². The number of nitrogens with zero attached hydrogens (tertiary/aromatic N) is 1. The molecule has 3 N–H and O–H groups in total. The summed E-state index contributed by atoms with van der Waals surface area (Å²) in [5, 5.41) is 6.51. The number of aliphatic imine (C=N–C) groups is 1. The molecule has 0 amide bonds. The Kier molecular flexibility index (Phi) is 7.23. The second-order valence-electron chi connectivity index (χ2n) is 8.61. The molecule has 0 saturated heterocycles. The molecule has 0 radical (unpaired) electrons. The minimum atomic E-state index is -3.62. The zero-order valence-electron chi connectivity index (χ0n) is 18.7. The molecule has 1 aliphatic rings. The molecule has 7 nitrogen and oxygen atoms in total. The summed E-state index contributed by atoms with van der Waals surface area (Å²) in [4.78, 5) is 4.52. The summed E-state index contributed by atoms with van der Waals surface area (Å²) in [5.74, 6) is 1.62. The van der Waals surface area contributed by atoms with Gasteiger partial charge in [0.25, 0.3) is 0 Å². The van der Waals surface area contributed by atoms with Gasteiger partial charge in [0.1, 0.15) is 5.75 Å². The number of hydrogen-bond acceptors (Lipinski definition) is 4. The maximum absolute atomic E-state index is 12.8. The van der Waals surface area contributed by atoms with E-state index in [1.165, 1.54) is 11.1 Å². The van der Waals surface area contributed by atoms with Crippen LogP contribution in [0.1, 0.15) is 37.5 Å². The van der Waals surface area contributed by atoms with E-state index in [1.54, 1.807) is 19.2 Å². The Morgan fingerprint density at radius 3 is 2.65 bits per heavy atom. The van der Waals surface area contributed by atoms with E-state index in [0.717, 1.165) is 25.2 Å². The van der Waals surface area contributed by atoms with Crippen molar-refractivity contribution in [3.63, 3.8) is 0 Å². The largest absolute Gasteiger partial charge is 0.493 e. The van der Waals surface area contributed by atoms with Crippen molar-refractivity contribution in [3.8, 4) is 5.75 Å². The Labute approximate surface area is 185 Å². The van der Waals surface area contributed by atoms with Gasteiger partial charge >= 0.3 is 0 Å². The fraction of sp³-hybridized carbons (Fsp3) is 0.435. The maximum Gasteiger partial charge on any atom is 0.241 e. The second kappa shape index (κ2) is 9.70. The fourth-order valence-electron chi connectivity index (χ4n) is 3.49. The van der Waals surface area contributed by atoms with Crippen LogP contribution in [0.2, 0.25) is 0 Å². The van der Waals surface area contributed by atoms with Gasteiger partial charge in [0.15, 0.2) is 5.96 Å². The lowest BCUT2D eigenvalue weighted by Gasteiger charge is -2.22. The van der Waals surface area contributed by atoms with Crippen LogP contribution < -0.4 is 20.1 Å². The molecule has 0 aromatic heterocycles. The molecule has 0 unspecified atom stereocenters. The maximum atomic E-state index is 12.8. The zero-order valence-corrected chi connectivity index (χ0v) is 19.5. The van der Waals surface area contributed by atoms with Gasteiger partial charge in [0.2, 0.25) is 10.0 Å². The van der Waals surface area contributed by atoms with Crippen LogP contribution in [0, 0.1) is 0 Å². The number of rotatable bonds is 7. The summed E-state index contributed by atoms with van der Waals surface area (Å²) in [6, 6.07) is 13.3. The molecule has 0 fully saturated rings. The third-order valence-corrected chi connectivity index (χ3v) is 6.69. The van der Waals surface area contributed by atoms with E-state index in [4.69, 9.17) is 4.74 Å². The van der Waals surface area contributed by atoms with Gasteiger partial charge in [-0.3, -0.25) is 4.99 Å². The van der Waals surface area contributed by atoms with Gasteiger partial charge < -0.3 is 15.4 Å². The number of guanidine groups is 1. The van der Waals surface area contributed by atoms with E-state index in [2.05, 4.69) is 32.5 Å². The Balaban J connectivity index is 1.57. The first-order chi connectivity index (χ1) is 14.7. The van der Waals surface area contributed by atoms with Crippen molar-refractivity contribution in [2.75, 3.05) is 20.2 Å². The fourth-order valence-corrected chi connectivity index (χ4v) is 5.15.